The third kappa shape index (κ3) is 4.75. The number of nitrogens with zero attached hydrogens (tertiary/aromatic N) is 1. The first-order valence-corrected chi connectivity index (χ1v) is 9.37. The zero-order valence-corrected chi connectivity index (χ0v) is 15.4. The lowest BCUT2D eigenvalue weighted by Crippen LogP contribution is -2.63. The molecule has 1 aliphatic heterocycles. The zero-order valence-electron chi connectivity index (χ0n) is 15.4. The van der Waals surface area contributed by atoms with Gasteiger partial charge in [0.05, 0.1) is 0 Å². The molecule has 27 heavy (non-hydrogen) atoms. The number of benzene rings is 1. The van der Waals surface area contributed by atoms with Crippen molar-refractivity contribution in [3.8, 4) is 0 Å². The van der Waals surface area contributed by atoms with E-state index < -0.39 is 17.4 Å². The summed E-state index contributed by atoms with van der Waals surface area (Å²) in [6, 6.07) is 6.33. The number of amides is 2. The van der Waals surface area contributed by atoms with Crippen LogP contribution in [0.25, 0.3) is 0 Å². The van der Waals surface area contributed by atoms with E-state index in [1.54, 1.807) is 12.1 Å². The Balaban J connectivity index is 1.62. The topological polar surface area (TPSA) is 111 Å². The lowest BCUT2D eigenvalue weighted by atomic mass is 9.83. The van der Waals surface area contributed by atoms with E-state index in [1.165, 1.54) is 12.1 Å². The molecule has 1 unspecified atom stereocenters. The smallest absolute Gasteiger partial charge is 0.405 e. The van der Waals surface area contributed by atoms with Crippen molar-refractivity contribution >= 4 is 12.0 Å². The van der Waals surface area contributed by atoms with Gasteiger partial charge in [0.2, 0.25) is 0 Å². The molecule has 3 rings (SSSR count). The van der Waals surface area contributed by atoms with E-state index in [0.29, 0.717) is 38.9 Å². The highest BCUT2D eigenvalue weighted by Gasteiger charge is 2.46. The van der Waals surface area contributed by atoms with E-state index in [1.807, 2.05) is 0 Å². The minimum atomic E-state index is -1.22. The van der Waals surface area contributed by atoms with Gasteiger partial charge in [0.25, 0.3) is 5.91 Å². The number of carbonyl (C=O) groups is 2. The fourth-order valence-electron chi connectivity index (χ4n) is 4.03. The average molecular weight is 378 g/mol. The van der Waals surface area contributed by atoms with Crippen LogP contribution in [0.3, 0.4) is 0 Å². The third-order valence-electron chi connectivity index (χ3n) is 5.43. The highest BCUT2D eigenvalue weighted by Crippen LogP contribution is 2.33. The number of likely N-dealkylation sites (tertiary alicyclic amines) is 1. The van der Waals surface area contributed by atoms with Gasteiger partial charge < -0.3 is 21.5 Å². The number of nitrogens with two attached hydrogens (primary N) is 2. The molecule has 0 spiro atoms. The van der Waals surface area contributed by atoms with Gasteiger partial charge in [-0.25, -0.2) is 9.18 Å². The summed E-state index contributed by atoms with van der Waals surface area (Å²) in [7, 11) is 0. The van der Waals surface area contributed by atoms with Crippen molar-refractivity contribution in [2.75, 3.05) is 13.1 Å². The maximum Gasteiger partial charge on any atom is 0.405 e. The normalized spacial score (nSPS) is 25.1. The van der Waals surface area contributed by atoms with Crippen molar-refractivity contribution in [2.24, 2.45) is 11.5 Å². The maximum absolute atomic E-state index is 13.0. The number of primary amides is 1. The first-order valence-electron chi connectivity index (χ1n) is 9.37. The molecule has 8 heteroatoms. The molecular weight excluding hydrogens is 351 g/mol. The molecule has 1 saturated heterocycles. The monoisotopic (exact) mass is 378 g/mol. The third-order valence-corrected chi connectivity index (χ3v) is 5.43. The van der Waals surface area contributed by atoms with Crippen LogP contribution < -0.4 is 16.8 Å². The SMILES string of the molecule is NC(=O)OC1(C(=O)NC2(N)CCN(Cc3ccc(F)cc3)C2)CCCCC1. The fourth-order valence-corrected chi connectivity index (χ4v) is 4.03. The number of carbonyl (C=O) groups excluding carboxylic acids is 2. The minimum absolute atomic E-state index is 0.271. The van der Waals surface area contributed by atoms with Gasteiger partial charge in [0, 0.05) is 19.6 Å². The Morgan fingerprint density at radius 3 is 2.44 bits per heavy atom. The van der Waals surface area contributed by atoms with E-state index in [0.717, 1.165) is 24.8 Å². The summed E-state index contributed by atoms with van der Waals surface area (Å²) < 4.78 is 18.3. The van der Waals surface area contributed by atoms with Crippen LogP contribution in [-0.4, -0.2) is 41.3 Å². The summed E-state index contributed by atoms with van der Waals surface area (Å²) in [6.07, 6.45) is 3.14. The minimum Gasteiger partial charge on any atom is -0.433 e. The molecule has 7 nitrogen and oxygen atoms in total. The largest absolute Gasteiger partial charge is 0.433 e. The fraction of sp³-hybridized carbons (Fsp3) is 0.579. The van der Waals surface area contributed by atoms with Gasteiger partial charge in [-0.1, -0.05) is 18.6 Å². The Kier molecular flexibility index (Phi) is 5.67. The molecule has 0 aromatic heterocycles. The molecule has 1 saturated carbocycles. The van der Waals surface area contributed by atoms with Gasteiger partial charge >= 0.3 is 6.09 Å². The van der Waals surface area contributed by atoms with Crippen molar-refractivity contribution in [3.05, 3.63) is 35.6 Å². The van der Waals surface area contributed by atoms with Gasteiger partial charge in [0.1, 0.15) is 11.5 Å². The van der Waals surface area contributed by atoms with E-state index in [4.69, 9.17) is 16.2 Å². The summed E-state index contributed by atoms with van der Waals surface area (Å²) in [5.74, 6) is -0.639. The molecule has 1 aliphatic carbocycles. The van der Waals surface area contributed by atoms with E-state index in [-0.39, 0.29) is 11.7 Å². The molecule has 1 aromatic carbocycles. The van der Waals surface area contributed by atoms with Crippen LogP contribution in [0.4, 0.5) is 9.18 Å². The maximum atomic E-state index is 13.0. The van der Waals surface area contributed by atoms with Crippen molar-refractivity contribution in [1.82, 2.24) is 10.2 Å². The van der Waals surface area contributed by atoms with E-state index in [9.17, 15) is 14.0 Å². The van der Waals surface area contributed by atoms with Crippen LogP contribution in [0.1, 0.15) is 44.1 Å². The predicted molar refractivity (Wildman–Crippen MR) is 97.8 cm³/mol. The molecule has 2 fully saturated rings. The number of hydrogen-bond acceptors (Lipinski definition) is 5. The lowest BCUT2D eigenvalue weighted by Gasteiger charge is -2.37. The Morgan fingerprint density at radius 2 is 1.81 bits per heavy atom. The first kappa shape index (κ1) is 19.6. The molecular formula is C19H27FN4O3. The molecule has 0 bridgehead atoms. The molecule has 5 N–H and O–H groups in total. The lowest BCUT2D eigenvalue weighted by molar-refractivity contribution is -0.145. The Morgan fingerprint density at radius 1 is 1.15 bits per heavy atom. The van der Waals surface area contributed by atoms with Gasteiger partial charge in [-0.2, -0.15) is 0 Å². The number of hydrogen-bond donors (Lipinski definition) is 3. The summed E-state index contributed by atoms with van der Waals surface area (Å²) >= 11 is 0. The van der Waals surface area contributed by atoms with Crippen molar-refractivity contribution in [3.63, 3.8) is 0 Å². The zero-order chi connectivity index (χ0) is 19.5. The van der Waals surface area contributed by atoms with Crippen molar-refractivity contribution in [2.45, 2.75) is 56.3 Å². The van der Waals surface area contributed by atoms with Crippen LogP contribution in [0.2, 0.25) is 0 Å². The van der Waals surface area contributed by atoms with Gasteiger partial charge in [-0.15, -0.1) is 0 Å². The highest BCUT2D eigenvalue weighted by molar-refractivity contribution is 5.88. The number of nitrogens with one attached hydrogen (secondary N) is 1. The second-order valence-corrected chi connectivity index (χ2v) is 7.67. The Hall–Kier alpha value is -2.19. The summed E-state index contributed by atoms with van der Waals surface area (Å²) in [6.45, 7) is 1.79. The number of rotatable bonds is 5. The van der Waals surface area contributed by atoms with Gasteiger partial charge in [0.15, 0.2) is 5.60 Å². The molecule has 1 aromatic rings. The molecule has 148 valence electrons. The predicted octanol–water partition coefficient (Wildman–Crippen LogP) is 1.60. The number of ether oxygens (including phenoxy) is 1. The molecule has 1 atom stereocenters. The van der Waals surface area contributed by atoms with Crippen LogP contribution in [0, 0.1) is 5.82 Å². The summed E-state index contributed by atoms with van der Waals surface area (Å²) in [5, 5.41) is 2.90. The molecule has 2 aliphatic rings. The Labute approximate surface area is 158 Å². The quantitative estimate of drug-likeness (QED) is 0.674. The molecule has 2 amide bonds. The summed E-state index contributed by atoms with van der Waals surface area (Å²) in [4.78, 5) is 26.4. The average Bonchev–Trinajstić information content (AvgIpc) is 2.97. The van der Waals surface area contributed by atoms with Crippen LogP contribution in [0.15, 0.2) is 24.3 Å². The molecule has 1 heterocycles. The second kappa shape index (κ2) is 7.82. The summed E-state index contributed by atoms with van der Waals surface area (Å²) in [5.41, 5.74) is 10.5. The van der Waals surface area contributed by atoms with Crippen molar-refractivity contribution in [1.29, 1.82) is 0 Å². The van der Waals surface area contributed by atoms with Gasteiger partial charge in [-0.05, 0) is 49.8 Å². The standard InChI is InChI=1S/C19H27FN4O3/c20-15-6-4-14(5-7-15)12-24-11-10-19(22,13-24)23-16(25)18(27-17(21)26)8-2-1-3-9-18/h4-7H,1-3,8-13,22H2,(H2,21,26)(H,23,25). The van der Waals surface area contributed by atoms with Crippen molar-refractivity contribution < 1.29 is 18.7 Å². The second-order valence-electron chi connectivity index (χ2n) is 7.67. The Bertz CT molecular complexity index is 691. The van der Waals surface area contributed by atoms with E-state index in [2.05, 4.69) is 10.2 Å². The first-order chi connectivity index (χ1) is 12.8. The van der Waals surface area contributed by atoms with Crippen LogP contribution >= 0.6 is 0 Å². The highest BCUT2D eigenvalue weighted by atomic mass is 19.1. The van der Waals surface area contributed by atoms with Crippen LogP contribution in [-0.2, 0) is 16.1 Å². The molecule has 0 radical (unpaired) electrons. The van der Waals surface area contributed by atoms with Crippen LogP contribution in [0.5, 0.6) is 0 Å². The van der Waals surface area contributed by atoms with E-state index >= 15 is 0 Å². The number of halogens is 1. The van der Waals surface area contributed by atoms with Gasteiger partial charge in [-0.3, -0.25) is 9.69 Å².